The quantitative estimate of drug-likeness (QED) is 0.707. The molecule has 0 aromatic heterocycles. The first kappa shape index (κ1) is 15.4. The fraction of sp³-hybridized carbons (Fsp3) is 1.00. The Hall–Kier alpha value is -0.0400. The first-order valence-electron chi connectivity index (χ1n) is 5.49. The smallest absolute Gasteiger partial charge is 0.0596 e. The molecule has 0 aliphatic carbocycles. The third kappa shape index (κ3) is 12.0. The standard InChI is InChI=1S/C10H22O.C2H6/c1-6-7-9(2,3)8-10(4,5)11;1-2/h11H,6-8H2,1-5H3;1-2H3. The van der Waals surface area contributed by atoms with Crippen LogP contribution in [0.25, 0.3) is 0 Å². The largest absolute Gasteiger partial charge is 0.390 e. The molecule has 0 aliphatic heterocycles. The van der Waals surface area contributed by atoms with Crippen molar-refractivity contribution in [2.24, 2.45) is 5.41 Å². The van der Waals surface area contributed by atoms with Crippen molar-refractivity contribution in [2.45, 2.75) is 73.3 Å². The summed E-state index contributed by atoms with van der Waals surface area (Å²) in [6.07, 6.45) is 3.27. The molecule has 82 valence electrons. The molecule has 0 saturated heterocycles. The van der Waals surface area contributed by atoms with Crippen LogP contribution in [-0.4, -0.2) is 10.7 Å². The van der Waals surface area contributed by atoms with Crippen molar-refractivity contribution in [3.05, 3.63) is 0 Å². The van der Waals surface area contributed by atoms with Crippen LogP contribution in [0.4, 0.5) is 0 Å². The van der Waals surface area contributed by atoms with Gasteiger partial charge in [0.2, 0.25) is 0 Å². The van der Waals surface area contributed by atoms with Crippen molar-refractivity contribution in [2.75, 3.05) is 0 Å². The Kier molecular flexibility index (Phi) is 7.62. The Labute approximate surface area is 84.6 Å². The van der Waals surface area contributed by atoms with Crippen LogP contribution in [0.1, 0.15) is 67.7 Å². The van der Waals surface area contributed by atoms with Crippen LogP contribution in [0, 0.1) is 5.41 Å². The molecule has 0 fully saturated rings. The third-order valence-electron chi connectivity index (χ3n) is 1.84. The van der Waals surface area contributed by atoms with E-state index in [9.17, 15) is 5.11 Å². The summed E-state index contributed by atoms with van der Waals surface area (Å²) in [5.41, 5.74) is -0.230. The molecule has 1 nitrogen and oxygen atoms in total. The van der Waals surface area contributed by atoms with Gasteiger partial charge >= 0.3 is 0 Å². The second-order valence-electron chi connectivity index (χ2n) is 4.90. The van der Waals surface area contributed by atoms with E-state index in [-0.39, 0.29) is 5.41 Å². The molecule has 0 unspecified atom stereocenters. The van der Waals surface area contributed by atoms with Gasteiger partial charge in [-0.3, -0.25) is 0 Å². The highest BCUT2D eigenvalue weighted by molar-refractivity contribution is 4.77. The summed E-state index contributed by atoms with van der Waals surface area (Å²) in [6, 6.07) is 0. The van der Waals surface area contributed by atoms with E-state index >= 15 is 0 Å². The molecule has 0 atom stereocenters. The van der Waals surface area contributed by atoms with Crippen molar-refractivity contribution in [1.82, 2.24) is 0 Å². The van der Waals surface area contributed by atoms with Crippen LogP contribution in [-0.2, 0) is 0 Å². The van der Waals surface area contributed by atoms with Crippen molar-refractivity contribution in [1.29, 1.82) is 0 Å². The van der Waals surface area contributed by atoms with Crippen molar-refractivity contribution in [3.8, 4) is 0 Å². The lowest BCUT2D eigenvalue weighted by Gasteiger charge is -2.31. The van der Waals surface area contributed by atoms with Gasteiger partial charge in [-0.15, -0.1) is 0 Å². The fourth-order valence-electron chi connectivity index (χ4n) is 1.94. The van der Waals surface area contributed by atoms with E-state index in [0.717, 1.165) is 6.42 Å². The average Bonchev–Trinajstić information content (AvgIpc) is 1.85. The molecule has 0 aromatic rings. The molecule has 0 aliphatic rings. The van der Waals surface area contributed by atoms with Crippen LogP contribution >= 0.6 is 0 Å². The predicted octanol–water partition coefficient (Wildman–Crippen LogP) is 4.00. The molecule has 0 radical (unpaired) electrons. The maximum Gasteiger partial charge on any atom is 0.0596 e. The van der Waals surface area contributed by atoms with Gasteiger partial charge in [-0.05, 0) is 32.1 Å². The van der Waals surface area contributed by atoms with Gasteiger partial charge in [-0.1, -0.05) is 41.0 Å². The van der Waals surface area contributed by atoms with Crippen molar-refractivity contribution < 1.29 is 5.11 Å². The molecule has 13 heavy (non-hydrogen) atoms. The number of aliphatic hydroxyl groups is 1. The van der Waals surface area contributed by atoms with Crippen LogP contribution in [0.15, 0.2) is 0 Å². The molecule has 1 N–H and O–H groups in total. The van der Waals surface area contributed by atoms with Gasteiger partial charge in [0, 0.05) is 0 Å². The van der Waals surface area contributed by atoms with Gasteiger partial charge in [-0.2, -0.15) is 0 Å². The average molecular weight is 188 g/mol. The summed E-state index contributed by atoms with van der Waals surface area (Å²) in [5, 5.41) is 9.58. The zero-order valence-corrected chi connectivity index (χ0v) is 10.6. The molecule has 0 saturated carbocycles. The predicted molar refractivity (Wildman–Crippen MR) is 61.0 cm³/mol. The molecular formula is C12H28O. The second-order valence-corrected chi connectivity index (χ2v) is 4.90. The summed E-state index contributed by atoms with van der Waals surface area (Å²) in [7, 11) is 0. The Balaban J connectivity index is 0. The van der Waals surface area contributed by atoms with E-state index in [4.69, 9.17) is 0 Å². The van der Waals surface area contributed by atoms with Crippen molar-refractivity contribution in [3.63, 3.8) is 0 Å². The Morgan fingerprint density at radius 2 is 1.38 bits per heavy atom. The van der Waals surface area contributed by atoms with E-state index in [0.29, 0.717) is 0 Å². The molecule has 0 spiro atoms. The molecule has 0 heterocycles. The SMILES string of the molecule is CC.CCCC(C)(C)CC(C)(C)O. The first-order chi connectivity index (χ1) is 5.77. The first-order valence-corrected chi connectivity index (χ1v) is 5.49. The lowest BCUT2D eigenvalue weighted by atomic mass is 9.79. The topological polar surface area (TPSA) is 20.2 Å². The summed E-state index contributed by atoms with van der Waals surface area (Å²) in [4.78, 5) is 0. The molecule has 0 rings (SSSR count). The number of rotatable bonds is 4. The third-order valence-corrected chi connectivity index (χ3v) is 1.84. The van der Waals surface area contributed by atoms with Gasteiger partial charge in [0.05, 0.1) is 5.60 Å². The number of hydrogen-bond donors (Lipinski definition) is 1. The Bertz CT molecular complexity index is 109. The summed E-state index contributed by atoms with van der Waals surface area (Å²) in [6.45, 7) is 14.4. The van der Waals surface area contributed by atoms with Crippen LogP contribution in [0.3, 0.4) is 0 Å². The van der Waals surface area contributed by atoms with Gasteiger partial charge in [0.1, 0.15) is 0 Å². The normalized spacial score (nSPS) is 12.0. The minimum Gasteiger partial charge on any atom is -0.390 e. The van der Waals surface area contributed by atoms with E-state index in [2.05, 4.69) is 20.8 Å². The molecule has 0 amide bonds. The highest BCUT2D eigenvalue weighted by Gasteiger charge is 2.25. The summed E-state index contributed by atoms with van der Waals surface area (Å²) >= 11 is 0. The molecular weight excluding hydrogens is 160 g/mol. The fourth-order valence-corrected chi connectivity index (χ4v) is 1.94. The minimum atomic E-state index is -0.515. The molecule has 0 aromatic carbocycles. The minimum absolute atomic E-state index is 0.285. The highest BCUT2D eigenvalue weighted by Crippen LogP contribution is 2.31. The summed E-state index contributed by atoms with van der Waals surface area (Å²) < 4.78 is 0. The Morgan fingerprint density at radius 1 is 1.00 bits per heavy atom. The van der Waals surface area contributed by atoms with Crippen molar-refractivity contribution >= 4 is 0 Å². The second kappa shape index (κ2) is 6.42. The zero-order valence-electron chi connectivity index (χ0n) is 10.6. The van der Waals surface area contributed by atoms with Crippen LogP contribution < -0.4 is 0 Å². The van der Waals surface area contributed by atoms with Crippen LogP contribution in [0.5, 0.6) is 0 Å². The van der Waals surface area contributed by atoms with Gasteiger partial charge < -0.3 is 5.11 Å². The lowest BCUT2D eigenvalue weighted by molar-refractivity contribution is 0.0292. The summed E-state index contributed by atoms with van der Waals surface area (Å²) in [5.74, 6) is 0. The zero-order chi connectivity index (χ0) is 11.1. The Morgan fingerprint density at radius 3 is 1.62 bits per heavy atom. The highest BCUT2D eigenvalue weighted by atomic mass is 16.3. The maximum absolute atomic E-state index is 9.58. The lowest BCUT2D eigenvalue weighted by Crippen LogP contribution is -2.28. The number of hydrogen-bond acceptors (Lipinski definition) is 1. The van der Waals surface area contributed by atoms with Gasteiger partial charge in [-0.25, -0.2) is 0 Å². The maximum atomic E-state index is 9.58. The van der Waals surface area contributed by atoms with Gasteiger partial charge in [0.15, 0.2) is 0 Å². The van der Waals surface area contributed by atoms with E-state index in [1.807, 2.05) is 27.7 Å². The van der Waals surface area contributed by atoms with Gasteiger partial charge in [0.25, 0.3) is 0 Å². The monoisotopic (exact) mass is 188 g/mol. The van der Waals surface area contributed by atoms with E-state index in [1.165, 1.54) is 12.8 Å². The van der Waals surface area contributed by atoms with Crippen LogP contribution in [0.2, 0.25) is 0 Å². The molecule has 1 heteroatoms. The molecule has 0 bridgehead atoms. The van der Waals surface area contributed by atoms with E-state index < -0.39 is 5.60 Å². The van der Waals surface area contributed by atoms with E-state index in [1.54, 1.807) is 0 Å².